The van der Waals surface area contributed by atoms with Crippen molar-refractivity contribution in [2.75, 3.05) is 9.80 Å². The fourth-order valence-electron chi connectivity index (χ4n) is 12.6. The summed E-state index contributed by atoms with van der Waals surface area (Å²) in [4.78, 5) is 5.35. The molecular formula is C58H73BN2O. The fourth-order valence-corrected chi connectivity index (χ4v) is 12.6. The highest BCUT2D eigenvalue weighted by Gasteiger charge is 2.53. The van der Waals surface area contributed by atoms with Crippen LogP contribution in [0, 0.1) is 13.8 Å². The molecule has 0 saturated carbocycles. The summed E-state index contributed by atoms with van der Waals surface area (Å²) in [6.07, 6.45) is 6.98. The first-order valence-corrected chi connectivity index (χ1v) is 24.0. The van der Waals surface area contributed by atoms with Crippen LogP contribution in [-0.4, -0.2) is 6.71 Å². The van der Waals surface area contributed by atoms with E-state index in [0.29, 0.717) is 0 Å². The van der Waals surface area contributed by atoms with Gasteiger partial charge < -0.3 is 14.2 Å². The maximum absolute atomic E-state index is 7.71. The average Bonchev–Trinajstić information content (AvgIpc) is 3.60. The lowest BCUT2D eigenvalue weighted by atomic mass is 9.35. The van der Waals surface area contributed by atoms with Crippen LogP contribution in [0.3, 0.4) is 0 Å². The second kappa shape index (κ2) is 12.8. The zero-order valence-corrected chi connectivity index (χ0v) is 41.4. The number of anilines is 6. The Hall–Kier alpha value is -4.18. The molecule has 0 amide bonds. The molecule has 1 aromatic heterocycles. The number of benzene rings is 4. The zero-order chi connectivity index (χ0) is 44.6. The van der Waals surface area contributed by atoms with Crippen LogP contribution in [0.2, 0.25) is 0 Å². The van der Waals surface area contributed by atoms with E-state index in [4.69, 9.17) is 4.42 Å². The van der Waals surface area contributed by atoms with Gasteiger partial charge in [-0.3, -0.25) is 0 Å². The molecule has 0 unspecified atom stereocenters. The molecule has 0 atom stereocenters. The van der Waals surface area contributed by atoms with Crippen molar-refractivity contribution in [1.82, 2.24) is 0 Å². The van der Waals surface area contributed by atoms with Gasteiger partial charge in [0.2, 0.25) is 0 Å². The van der Waals surface area contributed by atoms with Crippen molar-refractivity contribution in [2.24, 2.45) is 0 Å². The van der Waals surface area contributed by atoms with Crippen molar-refractivity contribution < 1.29 is 4.42 Å². The third-order valence-corrected chi connectivity index (χ3v) is 17.1. The standard InChI is InChI=1S/C58H73BN2O/c1-34-28-45-48-46(29-34)61(43-32-40-38(30-35(43)2)53(6,7)22-24-55(40,10)11)44-33-41-39(54(8,9)23-25-56(41,12)13)31-42(44)59(48)51-49(47-50(62-51)58(16,17)27-26-57(47,14)15)60(45)37-20-18-36(19-21-37)52(3,4)5/h18-21,28-33H,22-27H2,1-17H3. The largest absolute Gasteiger partial charge is 0.472 e. The van der Waals surface area contributed by atoms with Gasteiger partial charge in [-0.15, -0.1) is 0 Å². The highest BCUT2D eigenvalue weighted by Crippen LogP contribution is 2.57. The maximum Gasteiger partial charge on any atom is 0.297 e. The van der Waals surface area contributed by atoms with E-state index in [1.54, 1.807) is 0 Å². The van der Waals surface area contributed by atoms with Crippen molar-refractivity contribution in [2.45, 2.75) is 194 Å². The van der Waals surface area contributed by atoms with Crippen LogP contribution in [0.4, 0.5) is 34.1 Å². The van der Waals surface area contributed by atoms with Crippen LogP contribution in [0.15, 0.2) is 65.1 Å². The number of furan rings is 1. The molecule has 0 spiro atoms. The van der Waals surface area contributed by atoms with Crippen molar-refractivity contribution in [3.05, 3.63) is 111 Å². The summed E-state index contributed by atoms with van der Waals surface area (Å²) < 4.78 is 7.71. The van der Waals surface area contributed by atoms with Crippen molar-refractivity contribution in [3.63, 3.8) is 0 Å². The summed E-state index contributed by atoms with van der Waals surface area (Å²) >= 11 is 0. The van der Waals surface area contributed by atoms with E-state index in [1.807, 2.05) is 0 Å². The van der Waals surface area contributed by atoms with E-state index in [2.05, 4.69) is 188 Å². The van der Waals surface area contributed by atoms with Crippen LogP contribution in [0.1, 0.15) is 193 Å². The first-order chi connectivity index (χ1) is 28.6. The number of hydrogen-bond acceptors (Lipinski definition) is 3. The molecule has 0 N–H and O–H groups in total. The summed E-state index contributed by atoms with van der Waals surface area (Å²) in [5.74, 6) is 1.18. The Labute approximate surface area is 375 Å². The van der Waals surface area contributed by atoms with E-state index in [0.717, 1.165) is 18.5 Å². The number of nitrogens with zero attached hydrogens (tertiary/aromatic N) is 2. The van der Waals surface area contributed by atoms with Gasteiger partial charge in [-0.1, -0.05) is 128 Å². The number of aryl methyl sites for hydroxylation is 2. The zero-order valence-electron chi connectivity index (χ0n) is 41.4. The van der Waals surface area contributed by atoms with E-state index >= 15 is 0 Å². The van der Waals surface area contributed by atoms with Gasteiger partial charge in [0.05, 0.1) is 11.3 Å². The van der Waals surface area contributed by atoms with E-state index in [-0.39, 0.29) is 44.6 Å². The topological polar surface area (TPSA) is 19.6 Å². The van der Waals surface area contributed by atoms with Gasteiger partial charge in [-0.05, 0) is 171 Å². The average molecular weight is 825 g/mol. The molecule has 10 rings (SSSR count). The normalized spacial score (nSPS) is 21.6. The Morgan fingerprint density at radius 1 is 0.516 bits per heavy atom. The third kappa shape index (κ3) is 5.89. The van der Waals surface area contributed by atoms with Gasteiger partial charge >= 0.3 is 0 Å². The Balaban J connectivity index is 1.35. The van der Waals surface area contributed by atoms with Crippen LogP contribution in [-0.2, 0) is 37.9 Å². The minimum atomic E-state index is -0.0822. The van der Waals surface area contributed by atoms with Gasteiger partial charge in [0.1, 0.15) is 5.76 Å². The lowest BCUT2D eigenvalue weighted by Crippen LogP contribution is -2.61. The molecule has 5 aliphatic rings. The fraction of sp³-hybridized carbons (Fsp3) is 0.517. The maximum atomic E-state index is 7.71. The number of fused-ring (bicyclic) bond motifs is 8. The van der Waals surface area contributed by atoms with Crippen LogP contribution in [0.25, 0.3) is 0 Å². The monoisotopic (exact) mass is 825 g/mol. The molecule has 3 nitrogen and oxygen atoms in total. The Morgan fingerprint density at radius 3 is 1.53 bits per heavy atom. The molecule has 0 bridgehead atoms. The van der Waals surface area contributed by atoms with Gasteiger partial charge in [0.15, 0.2) is 0 Å². The highest BCUT2D eigenvalue weighted by atomic mass is 16.3. The minimum Gasteiger partial charge on any atom is -0.472 e. The van der Waals surface area contributed by atoms with E-state index < -0.39 is 0 Å². The van der Waals surface area contributed by atoms with E-state index in [9.17, 15) is 0 Å². The van der Waals surface area contributed by atoms with Crippen molar-refractivity contribution >= 4 is 57.4 Å². The molecule has 4 heteroatoms. The molecule has 2 aliphatic heterocycles. The van der Waals surface area contributed by atoms with Gasteiger partial charge in [-0.2, -0.15) is 0 Å². The van der Waals surface area contributed by atoms with Crippen LogP contribution in [0.5, 0.6) is 0 Å². The van der Waals surface area contributed by atoms with Crippen LogP contribution >= 0.6 is 0 Å². The summed E-state index contributed by atoms with van der Waals surface area (Å²) in [6.45, 7) is 41.2. The highest BCUT2D eigenvalue weighted by molar-refractivity contribution is 6.99. The minimum absolute atomic E-state index is 0.0522. The molecule has 62 heavy (non-hydrogen) atoms. The third-order valence-electron chi connectivity index (χ3n) is 17.1. The van der Waals surface area contributed by atoms with Crippen molar-refractivity contribution in [1.29, 1.82) is 0 Å². The smallest absolute Gasteiger partial charge is 0.297 e. The first-order valence-electron chi connectivity index (χ1n) is 24.0. The molecular weight excluding hydrogens is 751 g/mol. The first kappa shape index (κ1) is 41.8. The quantitative estimate of drug-likeness (QED) is 0.162. The summed E-state index contributed by atoms with van der Waals surface area (Å²) in [5, 5.41) is 0. The predicted molar refractivity (Wildman–Crippen MR) is 267 cm³/mol. The molecule has 5 aromatic rings. The lowest BCUT2D eigenvalue weighted by molar-refractivity contribution is 0.282. The summed E-state index contributed by atoms with van der Waals surface area (Å²) in [7, 11) is 0. The Kier molecular flexibility index (Phi) is 8.60. The van der Waals surface area contributed by atoms with Crippen molar-refractivity contribution in [3.8, 4) is 0 Å². The molecule has 0 fully saturated rings. The van der Waals surface area contributed by atoms with Gasteiger partial charge in [0.25, 0.3) is 6.71 Å². The van der Waals surface area contributed by atoms with Gasteiger partial charge in [0, 0.05) is 39.4 Å². The molecule has 0 radical (unpaired) electrons. The second-order valence-corrected chi connectivity index (χ2v) is 25.6. The molecule has 0 saturated heterocycles. The number of rotatable bonds is 2. The summed E-state index contributed by atoms with van der Waals surface area (Å²) in [5.41, 5.74) is 23.2. The Bertz CT molecular complexity index is 2710. The summed E-state index contributed by atoms with van der Waals surface area (Å²) in [6, 6.07) is 25.0. The SMILES string of the molecule is Cc1cc2c3c(c1)N(c1ccc(C(C)(C)C)cc1)c1c(oc4c1C(C)(C)CCC4(C)C)B3c1cc3c(cc1N2c1cc2c(cc1C)C(C)(C)CCC2(C)C)C(C)(C)CCC3(C)C. The molecule has 3 aliphatic carbocycles. The predicted octanol–water partition coefficient (Wildman–Crippen LogP) is 14.3. The number of hydrogen-bond donors (Lipinski definition) is 0. The molecule has 324 valence electrons. The lowest BCUT2D eigenvalue weighted by Gasteiger charge is -2.48. The molecule has 4 aromatic carbocycles. The van der Waals surface area contributed by atoms with E-state index in [1.165, 1.54) is 121 Å². The Morgan fingerprint density at radius 2 is 0.984 bits per heavy atom. The second-order valence-electron chi connectivity index (χ2n) is 25.6. The van der Waals surface area contributed by atoms with Crippen LogP contribution < -0.4 is 26.4 Å². The molecule has 3 heterocycles. The van der Waals surface area contributed by atoms with Gasteiger partial charge in [-0.25, -0.2) is 0 Å².